The second-order valence-electron chi connectivity index (χ2n) is 5.55. The summed E-state index contributed by atoms with van der Waals surface area (Å²) in [5.41, 5.74) is 3.67. The van der Waals surface area contributed by atoms with Crippen molar-refractivity contribution < 1.29 is 14.6 Å². The van der Waals surface area contributed by atoms with E-state index in [1.807, 2.05) is 0 Å². The highest BCUT2D eigenvalue weighted by atomic mass is 35.5. The largest absolute Gasteiger partial charge is 0.355 e. The van der Waals surface area contributed by atoms with Crippen LogP contribution in [0.4, 0.5) is 28.8 Å². The number of hydrazine groups is 1. The Balaban J connectivity index is 1.81. The van der Waals surface area contributed by atoms with Gasteiger partial charge in [0.1, 0.15) is 12.1 Å². The zero-order valence-corrected chi connectivity index (χ0v) is 15.5. The topological polar surface area (TPSA) is 178 Å². The summed E-state index contributed by atoms with van der Waals surface area (Å²) in [6.07, 6.45) is 2.38. The molecule has 2 aromatic heterocycles. The third-order valence-electron chi connectivity index (χ3n) is 3.59. The van der Waals surface area contributed by atoms with Crippen LogP contribution in [0.15, 0.2) is 48.9 Å². The molecule has 0 saturated heterocycles. The van der Waals surface area contributed by atoms with Crippen LogP contribution in [0.5, 0.6) is 0 Å². The fourth-order valence-corrected chi connectivity index (χ4v) is 2.37. The zero-order valence-electron chi connectivity index (χ0n) is 14.8. The second kappa shape index (κ2) is 8.74. The van der Waals surface area contributed by atoms with Gasteiger partial charge in [0.05, 0.1) is 14.9 Å². The minimum absolute atomic E-state index is 0.0304. The fourth-order valence-electron chi connectivity index (χ4n) is 2.25. The molecule has 0 atom stereocenters. The van der Waals surface area contributed by atoms with Crippen LogP contribution in [0.1, 0.15) is 10.4 Å². The van der Waals surface area contributed by atoms with Crippen LogP contribution >= 0.6 is 11.6 Å². The lowest BCUT2D eigenvalue weighted by Crippen LogP contribution is -2.30. The van der Waals surface area contributed by atoms with Gasteiger partial charge in [-0.25, -0.2) is 15.0 Å². The van der Waals surface area contributed by atoms with Crippen LogP contribution in [-0.4, -0.2) is 30.7 Å². The molecule has 0 saturated carbocycles. The maximum atomic E-state index is 12.2. The number of nitro benzene ring substituents is 1. The molecule has 152 valence electrons. The first-order valence-electron chi connectivity index (χ1n) is 8.04. The van der Waals surface area contributed by atoms with Crippen molar-refractivity contribution in [1.29, 1.82) is 0 Å². The number of pyridine rings is 1. The van der Waals surface area contributed by atoms with E-state index in [0.717, 1.165) is 12.4 Å². The van der Waals surface area contributed by atoms with Crippen molar-refractivity contribution in [3.63, 3.8) is 0 Å². The lowest BCUT2D eigenvalue weighted by atomic mass is 10.2. The number of aromatic nitrogens is 3. The molecule has 0 bridgehead atoms. The van der Waals surface area contributed by atoms with Gasteiger partial charge in [-0.15, -0.1) is 0 Å². The van der Waals surface area contributed by atoms with E-state index in [0.29, 0.717) is 5.02 Å². The first-order chi connectivity index (χ1) is 14.3. The van der Waals surface area contributed by atoms with Gasteiger partial charge < -0.3 is 5.32 Å². The van der Waals surface area contributed by atoms with Gasteiger partial charge in [0, 0.05) is 23.9 Å². The van der Waals surface area contributed by atoms with E-state index < -0.39 is 21.4 Å². The molecule has 0 unspecified atom stereocenters. The minimum Gasteiger partial charge on any atom is -0.319 e. The Morgan fingerprint density at radius 1 is 1.00 bits per heavy atom. The predicted octanol–water partition coefficient (Wildman–Crippen LogP) is 2.84. The highest BCUT2D eigenvalue weighted by Crippen LogP contribution is 2.30. The van der Waals surface area contributed by atoms with Crippen LogP contribution in [0, 0.1) is 20.2 Å². The lowest BCUT2D eigenvalue weighted by molar-refractivity contribution is -0.384. The average Bonchev–Trinajstić information content (AvgIpc) is 2.73. The van der Waals surface area contributed by atoms with Gasteiger partial charge in [0.15, 0.2) is 0 Å². The molecular formula is C16H11ClN8O5. The molecule has 14 heteroatoms. The maximum Gasteiger partial charge on any atom is 0.355 e. The Hall–Kier alpha value is -4.39. The number of carbonyl (C=O) groups excluding carboxylic acids is 1. The summed E-state index contributed by atoms with van der Waals surface area (Å²) in [4.78, 5) is 44.8. The Morgan fingerprint density at radius 2 is 1.77 bits per heavy atom. The third kappa shape index (κ3) is 4.71. The van der Waals surface area contributed by atoms with E-state index >= 15 is 0 Å². The van der Waals surface area contributed by atoms with Crippen LogP contribution in [-0.2, 0) is 0 Å². The standard InChI is InChI=1S/C16H11ClN8O5/c17-10-4-5-12(18-7-10)21-14-13(25(29)30)15(20-8-19-14)22-23-16(26)9-2-1-3-11(6-9)24(27)28/h1-8H,(H,23,26)(H2,18,19,20,21,22). The van der Waals surface area contributed by atoms with Crippen molar-refractivity contribution in [3.8, 4) is 0 Å². The summed E-state index contributed by atoms with van der Waals surface area (Å²) in [6, 6.07) is 7.99. The smallest absolute Gasteiger partial charge is 0.319 e. The van der Waals surface area contributed by atoms with Gasteiger partial charge in [-0.05, 0) is 18.2 Å². The highest BCUT2D eigenvalue weighted by Gasteiger charge is 2.24. The predicted molar refractivity (Wildman–Crippen MR) is 105 cm³/mol. The van der Waals surface area contributed by atoms with Crippen molar-refractivity contribution in [2.75, 3.05) is 10.7 Å². The van der Waals surface area contributed by atoms with Gasteiger partial charge in [0.25, 0.3) is 11.6 Å². The van der Waals surface area contributed by atoms with Gasteiger partial charge in [-0.3, -0.25) is 35.9 Å². The number of hydrogen-bond acceptors (Lipinski definition) is 10. The van der Waals surface area contributed by atoms with E-state index in [1.54, 1.807) is 0 Å². The minimum atomic E-state index is -0.763. The molecule has 30 heavy (non-hydrogen) atoms. The van der Waals surface area contributed by atoms with E-state index in [4.69, 9.17) is 11.6 Å². The molecule has 13 nitrogen and oxygen atoms in total. The first-order valence-corrected chi connectivity index (χ1v) is 8.41. The summed E-state index contributed by atoms with van der Waals surface area (Å²) < 4.78 is 0. The van der Waals surface area contributed by atoms with Crippen molar-refractivity contribution >= 4 is 46.3 Å². The number of rotatable bonds is 7. The number of nitrogens with zero attached hydrogens (tertiary/aromatic N) is 5. The SMILES string of the molecule is O=C(NNc1ncnc(Nc2ccc(Cl)cn2)c1[N+](=O)[O-])c1cccc([N+](=O)[O-])c1. The number of carbonyl (C=O) groups is 1. The summed E-state index contributed by atoms with van der Waals surface area (Å²) in [7, 11) is 0. The molecule has 0 radical (unpaired) electrons. The Labute approximate surface area is 172 Å². The van der Waals surface area contributed by atoms with E-state index in [9.17, 15) is 25.0 Å². The number of halogens is 1. The van der Waals surface area contributed by atoms with E-state index in [2.05, 4.69) is 31.1 Å². The molecule has 0 spiro atoms. The molecule has 0 fully saturated rings. The van der Waals surface area contributed by atoms with Gasteiger partial charge in [-0.1, -0.05) is 17.7 Å². The van der Waals surface area contributed by atoms with E-state index in [-0.39, 0.29) is 28.7 Å². The molecule has 0 aliphatic rings. The normalized spacial score (nSPS) is 10.2. The van der Waals surface area contributed by atoms with Gasteiger partial charge in [-0.2, -0.15) is 0 Å². The third-order valence-corrected chi connectivity index (χ3v) is 3.82. The van der Waals surface area contributed by atoms with Gasteiger partial charge in [0.2, 0.25) is 11.6 Å². The molecule has 3 aromatic rings. The summed E-state index contributed by atoms with van der Waals surface area (Å²) in [6.45, 7) is 0. The number of anilines is 3. The van der Waals surface area contributed by atoms with Crippen LogP contribution in [0.3, 0.4) is 0 Å². The molecule has 0 aliphatic carbocycles. The molecule has 2 heterocycles. The zero-order chi connectivity index (χ0) is 21.7. The second-order valence-corrected chi connectivity index (χ2v) is 5.99. The maximum absolute atomic E-state index is 12.2. The monoisotopic (exact) mass is 430 g/mol. The van der Waals surface area contributed by atoms with Crippen LogP contribution in [0.25, 0.3) is 0 Å². The number of hydrogen-bond donors (Lipinski definition) is 3. The Morgan fingerprint density at radius 3 is 2.43 bits per heavy atom. The molecule has 3 N–H and O–H groups in total. The van der Waals surface area contributed by atoms with E-state index in [1.165, 1.54) is 36.5 Å². The van der Waals surface area contributed by atoms with Crippen LogP contribution < -0.4 is 16.2 Å². The molecule has 3 rings (SSSR count). The molecule has 1 aromatic carbocycles. The number of nitro groups is 2. The highest BCUT2D eigenvalue weighted by molar-refractivity contribution is 6.30. The number of nitrogens with one attached hydrogen (secondary N) is 3. The summed E-state index contributed by atoms with van der Waals surface area (Å²) >= 11 is 5.76. The van der Waals surface area contributed by atoms with Crippen molar-refractivity contribution in [2.24, 2.45) is 0 Å². The molecule has 0 aliphatic heterocycles. The Bertz CT molecular complexity index is 1120. The number of amides is 1. The molecule has 1 amide bonds. The average molecular weight is 431 g/mol. The summed E-state index contributed by atoms with van der Waals surface area (Å²) in [5.74, 6) is -1.02. The Kier molecular flexibility index (Phi) is 5.93. The fraction of sp³-hybridized carbons (Fsp3) is 0. The quantitative estimate of drug-likeness (QED) is 0.372. The molecular weight excluding hydrogens is 420 g/mol. The first kappa shape index (κ1) is 20.3. The summed E-state index contributed by atoms with van der Waals surface area (Å²) in [5, 5.41) is 25.4. The van der Waals surface area contributed by atoms with Crippen molar-refractivity contribution in [3.05, 3.63) is 79.7 Å². The lowest BCUT2D eigenvalue weighted by Gasteiger charge is -2.10. The number of benzene rings is 1. The van der Waals surface area contributed by atoms with Crippen molar-refractivity contribution in [2.45, 2.75) is 0 Å². The van der Waals surface area contributed by atoms with Gasteiger partial charge >= 0.3 is 5.69 Å². The van der Waals surface area contributed by atoms with Crippen LogP contribution in [0.2, 0.25) is 5.02 Å². The number of non-ortho nitro benzene ring substituents is 1. The van der Waals surface area contributed by atoms with Crippen molar-refractivity contribution in [1.82, 2.24) is 20.4 Å².